The lowest BCUT2D eigenvalue weighted by molar-refractivity contribution is 0.0639. The van der Waals surface area contributed by atoms with E-state index < -0.39 is 0 Å². The first-order valence-electron chi connectivity index (χ1n) is 7.19. The van der Waals surface area contributed by atoms with Gasteiger partial charge in [0.25, 0.3) is 11.8 Å². The number of benzene rings is 2. The van der Waals surface area contributed by atoms with Crippen molar-refractivity contribution in [1.82, 2.24) is 10.1 Å². The van der Waals surface area contributed by atoms with Gasteiger partial charge in [-0.1, -0.05) is 47.6 Å². The van der Waals surface area contributed by atoms with Crippen molar-refractivity contribution in [1.29, 1.82) is 0 Å². The highest BCUT2D eigenvalue weighted by atomic mass is 16.5. The maximum Gasteiger partial charge on any atom is 0.261 e. The van der Waals surface area contributed by atoms with Gasteiger partial charge in [-0.15, -0.1) is 0 Å². The summed E-state index contributed by atoms with van der Waals surface area (Å²) in [6.07, 6.45) is 1.53. The third kappa shape index (κ3) is 2.14. The fourth-order valence-corrected chi connectivity index (χ4v) is 2.76. The molecule has 1 aliphatic heterocycles. The van der Waals surface area contributed by atoms with Gasteiger partial charge in [0.1, 0.15) is 12.0 Å². The summed E-state index contributed by atoms with van der Waals surface area (Å²) in [6.45, 7) is 0.0904. The zero-order valence-electron chi connectivity index (χ0n) is 12.1. The second kappa shape index (κ2) is 5.21. The third-order valence-electron chi connectivity index (χ3n) is 3.92. The first kappa shape index (κ1) is 13.5. The van der Waals surface area contributed by atoms with Crippen LogP contribution in [0.5, 0.6) is 0 Å². The Morgan fingerprint density at radius 1 is 0.826 bits per heavy atom. The van der Waals surface area contributed by atoms with E-state index in [-0.39, 0.29) is 18.4 Å². The Morgan fingerprint density at radius 2 is 1.43 bits per heavy atom. The molecule has 4 rings (SSSR count). The molecule has 2 aromatic carbocycles. The van der Waals surface area contributed by atoms with Crippen LogP contribution < -0.4 is 0 Å². The van der Waals surface area contributed by atoms with Gasteiger partial charge in [0.2, 0.25) is 0 Å². The number of carbonyl (C=O) groups excluding carboxylic acids is 2. The maximum absolute atomic E-state index is 12.4. The van der Waals surface area contributed by atoms with E-state index in [9.17, 15) is 9.59 Å². The third-order valence-corrected chi connectivity index (χ3v) is 3.92. The molecular formula is C18H12N2O3. The number of hydrogen-bond acceptors (Lipinski definition) is 4. The van der Waals surface area contributed by atoms with Crippen molar-refractivity contribution >= 4 is 11.8 Å². The number of nitrogens with zero attached hydrogens (tertiary/aromatic N) is 2. The molecule has 0 unspecified atom stereocenters. The van der Waals surface area contributed by atoms with Gasteiger partial charge in [-0.05, 0) is 17.7 Å². The highest BCUT2D eigenvalue weighted by Gasteiger charge is 2.36. The van der Waals surface area contributed by atoms with Crippen LogP contribution in [0.3, 0.4) is 0 Å². The molecule has 0 fully saturated rings. The van der Waals surface area contributed by atoms with Crippen LogP contribution in [0.25, 0.3) is 11.1 Å². The van der Waals surface area contributed by atoms with Crippen LogP contribution in [-0.2, 0) is 6.54 Å². The topological polar surface area (TPSA) is 63.4 Å². The van der Waals surface area contributed by atoms with E-state index in [1.807, 2.05) is 30.3 Å². The van der Waals surface area contributed by atoms with Crippen molar-refractivity contribution in [2.24, 2.45) is 0 Å². The minimum Gasteiger partial charge on any atom is -0.364 e. The number of carbonyl (C=O) groups is 2. The number of hydrogen-bond donors (Lipinski definition) is 0. The first-order chi connectivity index (χ1) is 11.3. The highest BCUT2D eigenvalue weighted by molar-refractivity contribution is 6.21. The second-order valence-electron chi connectivity index (χ2n) is 5.28. The van der Waals surface area contributed by atoms with Crippen LogP contribution in [0, 0.1) is 0 Å². The molecular weight excluding hydrogens is 292 g/mol. The van der Waals surface area contributed by atoms with Crippen LogP contribution in [0.2, 0.25) is 0 Å². The van der Waals surface area contributed by atoms with Crippen molar-refractivity contribution in [2.45, 2.75) is 6.54 Å². The minimum absolute atomic E-state index is 0.0904. The molecule has 2 amide bonds. The predicted molar refractivity (Wildman–Crippen MR) is 82.6 cm³/mol. The number of fused-ring (bicyclic) bond motifs is 1. The highest BCUT2D eigenvalue weighted by Crippen LogP contribution is 2.28. The number of rotatable bonds is 3. The monoisotopic (exact) mass is 304 g/mol. The lowest BCUT2D eigenvalue weighted by atomic mass is 10.1. The van der Waals surface area contributed by atoms with Crippen LogP contribution in [0.4, 0.5) is 0 Å². The van der Waals surface area contributed by atoms with E-state index in [0.717, 1.165) is 11.1 Å². The number of aromatic nitrogens is 1. The van der Waals surface area contributed by atoms with Gasteiger partial charge in [-0.2, -0.15) is 0 Å². The summed E-state index contributed by atoms with van der Waals surface area (Å²) in [5.74, 6) is -0.597. The van der Waals surface area contributed by atoms with E-state index in [2.05, 4.69) is 5.16 Å². The molecule has 5 heteroatoms. The van der Waals surface area contributed by atoms with Crippen molar-refractivity contribution in [3.63, 3.8) is 0 Å². The summed E-state index contributed by atoms with van der Waals surface area (Å²) in [6, 6.07) is 16.4. The molecule has 3 aromatic rings. The van der Waals surface area contributed by atoms with Gasteiger partial charge >= 0.3 is 0 Å². The quantitative estimate of drug-likeness (QED) is 0.697. The summed E-state index contributed by atoms with van der Waals surface area (Å²) in [5.41, 5.74) is 3.14. The lowest BCUT2D eigenvalue weighted by Gasteiger charge is -2.12. The summed E-state index contributed by atoms with van der Waals surface area (Å²) in [5, 5.41) is 3.97. The zero-order chi connectivity index (χ0) is 15.8. The largest absolute Gasteiger partial charge is 0.364 e. The first-order valence-corrected chi connectivity index (χ1v) is 7.19. The maximum atomic E-state index is 12.4. The summed E-state index contributed by atoms with van der Waals surface area (Å²) < 4.78 is 5.06. The average molecular weight is 304 g/mol. The van der Waals surface area contributed by atoms with Gasteiger partial charge in [0.05, 0.1) is 17.7 Å². The Balaban J connectivity index is 1.68. The molecule has 0 spiro atoms. The standard InChI is InChI=1S/C18H12N2O3/c21-17-13-8-4-5-9-14(13)18(22)20(17)10-16-15(11-23-19-16)12-6-2-1-3-7-12/h1-9,11H,10H2. The van der Waals surface area contributed by atoms with E-state index >= 15 is 0 Å². The molecule has 1 aliphatic rings. The van der Waals surface area contributed by atoms with Gasteiger partial charge in [-0.25, -0.2) is 0 Å². The molecule has 0 bridgehead atoms. The fourth-order valence-electron chi connectivity index (χ4n) is 2.76. The van der Waals surface area contributed by atoms with E-state index in [1.54, 1.807) is 24.3 Å². The van der Waals surface area contributed by atoms with E-state index in [1.165, 1.54) is 11.2 Å². The van der Waals surface area contributed by atoms with Gasteiger partial charge in [0.15, 0.2) is 0 Å². The van der Waals surface area contributed by atoms with Crippen molar-refractivity contribution in [2.75, 3.05) is 0 Å². The number of amides is 2. The molecule has 0 radical (unpaired) electrons. The van der Waals surface area contributed by atoms with Crippen molar-refractivity contribution in [3.8, 4) is 11.1 Å². The van der Waals surface area contributed by atoms with Crippen molar-refractivity contribution < 1.29 is 14.1 Å². The molecule has 23 heavy (non-hydrogen) atoms. The lowest BCUT2D eigenvalue weighted by Crippen LogP contribution is -2.29. The predicted octanol–water partition coefficient (Wildman–Crippen LogP) is 3.14. The molecule has 5 nitrogen and oxygen atoms in total. The molecule has 0 N–H and O–H groups in total. The Morgan fingerprint density at radius 3 is 2.09 bits per heavy atom. The Bertz CT molecular complexity index is 864. The normalized spacial score (nSPS) is 13.5. The fraction of sp³-hybridized carbons (Fsp3) is 0.0556. The van der Waals surface area contributed by atoms with Gasteiger partial charge in [0, 0.05) is 5.56 Å². The number of imide groups is 1. The summed E-state index contributed by atoms with van der Waals surface area (Å²) >= 11 is 0. The Hall–Kier alpha value is -3.21. The SMILES string of the molecule is O=C1c2ccccc2C(=O)N1Cc1nocc1-c1ccccc1. The zero-order valence-corrected chi connectivity index (χ0v) is 12.1. The Kier molecular flexibility index (Phi) is 3.05. The summed E-state index contributed by atoms with van der Waals surface area (Å²) in [7, 11) is 0. The minimum atomic E-state index is -0.299. The van der Waals surface area contributed by atoms with Crippen LogP contribution in [0.1, 0.15) is 26.4 Å². The molecule has 2 heterocycles. The summed E-state index contributed by atoms with van der Waals surface area (Å²) in [4.78, 5) is 26.1. The molecule has 0 atom stereocenters. The van der Waals surface area contributed by atoms with Crippen LogP contribution >= 0.6 is 0 Å². The molecule has 1 aromatic heterocycles. The molecule has 112 valence electrons. The second-order valence-corrected chi connectivity index (χ2v) is 5.28. The molecule has 0 saturated heterocycles. The Labute approximate surface area is 132 Å². The van der Waals surface area contributed by atoms with Crippen molar-refractivity contribution in [3.05, 3.63) is 77.7 Å². The van der Waals surface area contributed by atoms with E-state index in [4.69, 9.17) is 4.52 Å². The molecule has 0 saturated carbocycles. The van der Waals surface area contributed by atoms with Crippen LogP contribution in [0.15, 0.2) is 65.4 Å². The van der Waals surface area contributed by atoms with E-state index in [0.29, 0.717) is 16.8 Å². The smallest absolute Gasteiger partial charge is 0.261 e. The van der Waals surface area contributed by atoms with Crippen LogP contribution in [-0.4, -0.2) is 21.9 Å². The van der Waals surface area contributed by atoms with Gasteiger partial charge < -0.3 is 4.52 Å². The molecule has 0 aliphatic carbocycles. The average Bonchev–Trinajstić information content (AvgIpc) is 3.15. The van der Waals surface area contributed by atoms with Gasteiger partial charge in [-0.3, -0.25) is 14.5 Å².